The molecule has 140 valence electrons. The maximum absolute atomic E-state index is 9.89. The summed E-state index contributed by atoms with van der Waals surface area (Å²) >= 11 is 0. The Morgan fingerprint density at radius 1 is 1.00 bits per heavy atom. The van der Waals surface area contributed by atoms with Crippen LogP contribution in [0.2, 0.25) is 0 Å². The second-order valence-electron chi connectivity index (χ2n) is 8.00. The standard InChI is InChI=1S/C25H25N2O/c1-14(2)19-12-18(13-26)23-22-16(4)11-15(3)21(20-9-7-8-10-27(20)6)25(22)28-24(23)17(19)5/h7-12,14H,1-6H3/q+1. The van der Waals surface area contributed by atoms with Crippen LogP contribution < -0.4 is 4.57 Å². The second-order valence-corrected chi connectivity index (χ2v) is 8.00. The molecule has 0 saturated heterocycles. The van der Waals surface area contributed by atoms with E-state index in [1.165, 1.54) is 11.1 Å². The zero-order valence-corrected chi connectivity index (χ0v) is 17.3. The van der Waals surface area contributed by atoms with Crippen LogP contribution >= 0.6 is 0 Å². The van der Waals surface area contributed by atoms with E-state index in [9.17, 15) is 5.26 Å². The Hall–Kier alpha value is -3.12. The topological polar surface area (TPSA) is 40.8 Å². The summed E-state index contributed by atoms with van der Waals surface area (Å²) in [5.41, 5.74) is 9.20. The number of furan rings is 1. The van der Waals surface area contributed by atoms with Crippen molar-refractivity contribution in [3.05, 3.63) is 64.3 Å². The third-order valence-electron chi connectivity index (χ3n) is 5.75. The third-order valence-corrected chi connectivity index (χ3v) is 5.75. The molecule has 0 bridgehead atoms. The van der Waals surface area contributed by atoms with Gasteiger partial charge in [-0.1, -0.05) is 19.9 Å². The highest BCUT2D eigenvalue weighted by Crippen LogP contribution is 2.42. The van der Waals surface area contributed by atoms with E-state index in [0.717, 1.165) is 44.3 Å². The molecule has 28 heavy (non-hydrogen) atoms. The zero-order chi connectivity index (χ0) is 20.2. The Bertz CT molecular complexity index is 1290. The van der Waals surface area contributed by atoms with Gasteiger partial charge in [-0.25, -0.2) is 4.57 Å². The molecule has 0 N–H and O–H groups in total. The van der Waals surface area contributed by atoms with Crippen LogP contribution in [0.1, 0.15) is 47.6 Å². The molecule has 2 aromatic heterocycles. The Balaban J connectivity index is 2.26. The fraction of sp³-hybridized carbons (Fsp3) is 0.280. The molecular weight excluding hydrogens is 344 g/mol. The number of aryl methyl sites for hydroxylation is 4. The van der Waals surface area contributed by atoms with Crippen molar-refractivity contribution in [1.82, 2.24) is 0 Å². The summed E-state index contributed by atoms with van der Waals surface area (Å²) in [6.45, 7) is 10.6. The molecule has 0 aliphatic heterocycles. The van der Waals surface area contributed by atoms with Crippen molar-refractivity contribution in [3.63, 3.8) is 0 Å². The van der Waals surface area contributed by atoms with Crippen LogP contribution in [0.15, 0.2) is 40.9 Å². The van der Waals surface area contributed by atoms with Gasteiger partial charge in [-0.3, -0.25) is 0 Å². The largest absolute Gasteiger partial charge is 0.455 e. The van der Waals surface area contributed by atoms with Crippen LogP contribution in [-0.2, 0) is 7.05 Å². The molecule has 0 aliphatic carbocycles. The highest BCUT2D eigenvalue weighted by molar-refractivity contribution is 6.14. The lowest BCUT2D eigenvalue weighted by Crippen LogP contribution is -2.30. The molecule has 0 amide bonds. The fourth-order valence-corrected chi connectivity index (χ4v) is 4.41. The van der Waals surface area contributed by atoms with Crippen LogP contribution in [-0.4, -0.2) is 0 Å². The summed E-state index contributed by atoms with van der Waals surface area (Å²) in [4.78, 5) is 0. The average Bonchev–Trinajstić information content (AvgIpc) is 3.05. The lowest BCUT2D eigenvalue weighted by Gasteiger charge is -2.11. The average molecular weight is 369 g/mol. The van der Waals surface area contributed by atoms with Gasteiger partial charge < -0.3 is 4.42 Å². The minimum Gasteiger partial charge on any atom is -0.455 e. The van der Waals surface area contributed by atoms with Crippen LogP contribution in [0.5, 0.6) is 0 Å². The van der Waals surface area contributed by atoms with Gasteiger partial charge in [0.05, 0.1) is 17.2 Å². The van der Waals surface area contributed by atoms with Crippen molar-refractivity contribution < 1.29 is 8.98 Å². The minimum absolute atomic E-state index is 0.332. The number of nitrogens with zero attached hydrogens (tertiary/aromatic N) is 2. The number of hydrogen-bond donors (Lipinski definition) is 0. The number of nitriles is 1. The van der Waals surface area contributed by atoms with Gasteiger partial charge in [-0.05, 0) is 61.1 Å². The van der Waals surface area contributed by atoms with E-state index in [2.05, 4.69) is 57.4 Å². The van der Waals surface area contributed by atoms with E-state index in [4.69, 9.17) is 4.42 Å². The lowest BCUT2D eigenvalue weighted by molar-refractivity contribution is -0.660. The minimum atomic E-state index is 0.332. The quantitative estimate of drug-likeness (QED) is 0.407. The van der Waals surface area contributed by atoms with E-state index in [1.54, 1.807) is 0 Å². The van der Waals surface area contributed by atoms with Gasteiger partial charge in [0.25, 0.3) is 0 Å². The van der Waals surface area contributed by atoms with Crippen molar-refractivity contribution in [2.24, 2.45) is 7.05 Å². The summed E-state index contributed by atoms with van der Waals surface area (Å²) < 4.78 is 8.67. The predicted molar refractivity (Wildman–Crippen MR) is 113 cm³/mol. The molecule has 3 heteroatoms. The first-order valence-corrected chi connectivity index (χ1v) is 9.70. The van der Waals surface area contributed by atoms with Gasteiger partial charge in [0.1, 0.15) is 18.2 Å². The van der Waals surface area contributed by atoms with E-state index >= 15 is 0 Å². The van der Waals surface area contributed by atoms with Gasteiger partial charge >= 0.3 is 0 Å². The highest BCUT2D eigenvalue weighted by Gasteiger charge is 2.25. The molecule has 0 unspecified atom stereocenters. The second kappa shape index (κ2) is 6.49. The van der Waals surface area contributed by atoms with E-state index in [1.807, 2.05) is 31.4 Å². The molecule has 4 aromatic rings. The number of fused-ring (bicyclic) bond motifs is 3. The summed E-state index contributed by atoms with van der Waals surface area (Å²) in [5.74, 6) is 0.332. The Morgan fingerprint density at radius 3 is 2.39 bits per heavy atom. The summed E-state index contributed by atoms with van der Waals surface area (Å²) in [7, 11) is 2.05. The molecule has 0 saturated carbocycles. The molecule has 4 rings (SSSR count). The third kappa shape index (κ3) is 2.52. The first kappa shape index (κ1) is 18.3. The van der Waals surface area contributed by atoms with Gasteiger partial charge in [-0.15, -0.1) is 0 Å². The van der Waals surface area contributed by atoms with Crippen molar-refractivity contribution in [2.45, 2.75) is 40.5 Å². The molecule has 3 nitrogen and oxygen atoms in total. The van der Waals surface area contributed by atoms with Crippen LogP contribution in [0.3, 0.4) is 0 Å². The Kier molecular flexibility index (Phi) is 4.23. The molecular formula is C25H25N2O+. The molecule has 0 radical (unpaired) electrons. The molecule has 2 aromatic carbocycles. The summed E-state index contributed by atoms with van der Waals surface area (Å²) in [6.07, 6.45) is 2.05. The monoisotopic (exact) mass is 369 g/mol. The van der Waals surface area contributed by atoms with Crippen molar-refractivity contribution in [1.29, 1.82) is 5.26 Å². The number of rotatable bonds is 2. The lowest BCUT2D eigenvalue weighted by atomic mass is 9.91. The smallest absolute Gasteiger partial charge is 0.216 e. The molecule has 0 spiro atoms. The molecule has 0 aliphatic rings. The normalized spacial score (nSPS) is 11.5. The molecule has 0 atom stereocenters. The van der Waals surface area contributed by atoms with Crippen LogP contribution in [0, 0.1) is 32.1 Å². The fourth-order valence-electron chi connectivity index (χ4n) is 4.41. The summed E-state index contributed by atoms with van der Waals surface area (Å²) in [6, 6.07) is 12.8. The Morgan fingerprint density at radius 2 is 1.75 bits per heavy atom. The first-order chi connectivity index (χ1) is 13.3. The first-order valence-electron chi connectivity index (χ1n) is 9.70. The Labute approximate surface area is 165 Å². The van der Waals surface area contributed by atoms with Crippen LogP contribution in [0.25, 0.3) is 33.2 Å². The highest BCUT2D eigenvalue weighted by atomic mass is 16.3. The maximum atomic E-state index is 9.89. The number of hydrogen-bond acceptors (Lipinski definition) is 2. The maximum Gasteiger partial charge on any atom is 0.216 e. The van der Waals surface area contributed by atoms with Crippen molar-refractivity contribution in [3.8, 4) is 17.3 Å². The molecule has 2 heterocycles. The SMILES string of the molecule is Cc1cc(C)c2c(oc3c(C)c(C(C)C)cc(C#N)c32)c1-c1cccc[n+]1C. The predicted octanol–water partition coefficient (Wildman–Crippen LogP) is 6.00. The van der Waals surface area contributed by atoms with E-state index < -0.39 is 0 Å². The molecule has 0 fully saturated rings. The van der Waals surface area contributed by atoms with Gasteiger partial charge in [-0.2, -0.15) is 5.26 Å². The number of benzene rings is 2. The van der Waals surface area contributed by atoms with E-state index in [0.29, 0.717) is 11.5 Å². The summed E-state index contributed by atoms with van der Waals surface area (Å²) in [5, 5.41) is 11.9. The number of pyridine rings is 1. The number of aromatic nitrogens is 1. The van der Waals surface area contributed by atoms with Gasteiger partial charge in [0.2, 0.25) is 5.69 Å². The van der Waals surface area contributed by atoms with Crippen LogP contribution in [0.4, 0.5) is 0 Å². The van der Waals surface area contributed by atoms with E-state index in [-0.39, 0.29) is 0 Å². The van der Waals surface area contributed by atoms with Gasteiger partial charge in [0.15, 0.2) is 6.20 Å². The zero-order valence-electron chi connectivity index (χ0n) is 17.3. The van der Waals surface area contributed by atoms with Gasteiger partial charge in [0, 0.05) is 22.9 Å². The van der Waals surface area contributed by atoms with Crippen molar-refractivity contribution >= 4 is 21.9 Å². The van der Waals surface area contributed by atoms with Crippen molar-refractivity contribution in [2.75, 3.05) is 0 Å².